The quantitative estimate of drug-likeness (QED) is 0.892. The third kappa shape index (κ3) is 3.91. The lowest BCUT2D eigenvalue weighted by Crippen LogP contribution is -2.32. The molecular weight excluding hydrogens is 336 g/mol. The van der Waals surface area contributed by atoms with E-state index in [4.69, 9.17) is 0 Å². The van der Waals surface area contributed by atoms with Crippen LogP contribution in [0.15, 0.2) is 53.4 Å². The van der Waals surface area contributed by atoms with Crippen molar-refractivity contribution in [2.24, 2.45) is 0 Å². The van der Waals surface area contributed by atoms with Crippen LogP contribution in [-0.2, 0) is 21.1 Å². The molecular formula is C19H22N2O3S. The summed E-state index contributed by atoms with van der Waals surface area (Å²) >= 11 is 0. The lowest BCUT2D eigenvalue weighted by molar-refractivity contribution is -0.117. The van der Waals surface area contributed by atoms with E-state index in [0.29, 0.717) is 5.69 Å². The molecule has 0 saturated carbocycles. The van der Waals surface area contributed by atoms with E-state index in [1.165, 1.54) is 17.2 Å². The predicted octanol–water partition coefficient (Wildman–Crippen LogP) is 2.65. The van der Waals surface area contributed by atoms with Crippen molar-refractivity contribution in [2.75, 3.05) is 25.2 Å². The van der Waals surface area contributed by atoms with E-state index in [0.717, 1.165) is 19.1 Å². The number of anilines is 1. The Kier molecular flexibility index (Phi) is 4.92. The van der Waals surface area contributed by atoms with Crippen molar-refractivity contribution in [3.8, 4) is 0 Å². The van der Waals surface area contributed by atoms with Crippen molar-refractivity contribution in [1.29, 1.82) is 0 Å². The van der Waals surface area contributed by atoms with E-state index in [9.17, 15) is 13.2 Å². The molecule has 3 rings (SSSR count). The van der Waals surface area contributed by atoms with Crippen LogP contribution >= 0.6 is 0 Å². The van der Waals surface area contributed by atoms with Crippen LogP contribution < -0.4 is 5.32 Å². The largest absolute Gasteiger partial charge is 0.324 e. The highest BCUT2D eigenvalue weighted by atomic mass is 32.2. The second-order valence-corrected chi connectivity index (χ2v) is 8.47. The Morgan fingerprint density at radius 1 is 1.16 bits per heavy atom. The van der Waals surface area contributed by atoms with Gasteiger partial charge in [0.1, 0.15) is 0 Å². The van der Waals surface area contributed by atoms with Crippen molar-refractivity contribution in [3.63, 3.8) is 0 Å². The molecule has 0 fully saturated rings. The number of fused-ring (bicyclic) bond motifs is 1. The van der Waals surface area contributed by atoms with Crippen molar-refractivity contribution in [1.82, 2.24) is 4.90 Å². The normalized spacial score (nSPS) is 16.7. The number of hydrogen-bond donors (Lipinski definition) is 1. The number of likely N-dealkylation sites (N-methyl/N-ethyl adjacent to an activating group) is 1. The summed E-state index contributed by atoms with van der Waals surface area (Å²) in [6.07, 6.45) is 3.15. The first-order chi connectivity index (χ1) is 11.9. The Morgan fingerprint density at radius 3 is 2.60 bits per heavy atom. The number of para-hydroxylation sites is 1. The molecule has 132 valence electrons. The van der Waals surface area contributed by atoms with Gasteiger partial charge in [-0.3, -0.25) is 9.69 Å². The molecule has 0 unspecified atom stereocenters. The fraction of sp³-hybridized carbons (Fsp3) is 0.316. The average Bonchev–Trinajstić information content (AvgIpc) is 2.98. The van der Waals surface area contributed by atoms with Crippen LogP contribution in [0.25, 0.3) is 0 Å². The minimum absolute atomic E-state index is 0.136. The van der Waals surface area contributed by atoms with Crippen LogP contribution in [0.5, 0.6) is 0 Å². The second kappa shape index (κ2) is 6.98. The Balaban J connectivity index is 1.70. The van der Waals surface area contributed by atoms with Gasteiger partial charge in [-0.2, -0.15) is 0 Å². The molecule has 0 heterocycles. The second-order valence-electron chi connectivity index (χ2n) is 6.48. The zero-order valence-corrected chi connectivity index (χ0v) is 15.2. The topological polar surface area (TPSA) is 66.5 Å². The van der Waals surface area contributed by atoms with Crippen LogP contribution in [0.2, 0.25) is 0 Å². The Hall–Kier alpha value is -2.18. The maximum atomic E-state index is 12.4. The summed E-state index contributed by atoms with van der Waals surface area (Å²) in [5.41, 5.74) is 2.94. The van der Waals surface area contributed by atoms with Crippen molar-refractivity contribution >= 4 is 21.4 Å². The smallest absolute Gasteiger partial charge is 0.238 e. The molecule has 1 aliphatic rings. The number of rotatable bonds is 5. The summed E-state index contributed by atoms with van der Waals surface area (Å²) in [4.78, 5) is 14.6. The van der Waals surface area contributed by atoms with Gasteiger partial charge < -0.3 is 5.32 Å². The Morgan fingerprint density at radius 2 is 1.84 bits per heavy atom. The highest BCUT2D eigenvalue weighted by molar-refractivity contribution is 7.90. The van der Waals surface area contributed by atoms with Gasteiger partial charge in [0.25, 0.3) is 0 Å². The minimum Gasteiger partial charge on any atom is -0.324 e. The molecule has 25 heavy (non-hydrogen) atoms. The monoisotopic (exact) mass is 358 g/mol. The lowest BCUT2D eigenvalue weighted by atomic mass is 10.1. The molecule has 0 radical (unpaired) electrons. The number of aryl methyl sites for hydroxylation is 1. The standard InChI is InChI=1S/C19H22N2O3S/c1-21(17-12-11-14-7-3-4-8-15(14)17)13-19(22)20-16-9-5-6-10-18(16)25(2,23)24/h3-10,17H,11-13H2,1-2H3,(H,20,22)/t17-/m0/s1. The summed E-state index contributed by atoms with van der Waals surface area (Å²) in [5.74, 6) is -0.219. The first-order valence-electron chi connectivity index (χ1n) is 8.23. The highest BCUT2D eigenvalue weighted by Gasteiger charge is 2.26. The fourth-order valence-corrected chi connectivity index (χ4v) is 4.26. The molecule has 0 spiro atoms. The molecule has 2 aromatic rings. The fourth-order valence-electron chi connectivity index (χ4n) is 3.41. The number of nitrogens with one attached hydrogen (secondary N) is 1. The molecule has 0 saturated heterocycles. The molecule has 1 N–H and O–H groups in total. The molecule has 1 amide bonds. The Bertz CT molecular complexity index is 893. The van der Waals surface area contributed by atoms with Crippen LogP contribution in [0.1, 0.15) is 23.6 Å². The summed E-state index contributed by atoms with van der Waals surface area (Å²) in [6.45, 7) is 0.205. The summed E-state index contributed by atoms with van der Waals surface area (Å²) < 4.78 is 23.7. The van der Waals surface area contributed by atoms with Crippen molar-refractivity contribution < 1.29 is 13.2 Å². The zero-order chi connectivity index (χ0) is 18.0. The third-order valence-electron chi connectivity index (χ3n) is 4.59. The Labute approximate surface area is 148 Å². The van der Waals surface area contributed by atoms with Crippen LogP contribution in [-0.4, -0.2) is 39.1 Å². The van der Waals surface area contributed by atoms with E-state index in [1.807, 2.05) is 24.1 Å². The van der Waals surface area contributed by atoms with Crippen LogP contribution in [0.4, 0.5) is 5.69 Å². The molecule has 2 aromatic carbocycles. The maximum Gasteiger partial charge on any atom is 0.238 e. The molecule has 1 aliphatic carbocycles. The molecule has 0 aromatic heterocycles. The number of carbonyl (C=O) groups is 1. The van der Waals surface area contributed by atoms with Gasteiger partial charge >= 0.3 is 0 Å². The molecule has 1 atom stereocenters. The van der Waals surface area contributed by atoms with Gasteiger partial charge in [0.15, 0.2) is 9.84 Å². The predicted molar refractivity (Wildman–Crippen MR) is 98.3 cm³/mol. The van der Waals surface area contributed by atoms with Gasteiger partial charge in [-0.15, -0.1) is 0 Å². The number of benzene rings is 2. The van der Waals surface area contributed by atoms with Crippen molar-refractivity contribution in [2.45, 2.75) is 23.8 Å². The number of amides is 1. The van der Waals surface area contributed by atoms with Gasteiger partial charge in [-0.25, -0.2) is 8.42 Å². The highest BCUT2D eigenvalue weighted by Crippen LogP contribution is 2.34. The number of sulfone groups is 1. The van der Waals surface area contributed by atoms with E-state index in [2.05, 4.69) is 17.4 Å². The third-order valence-corrected chi connectivity index (χ3v) is 5.74. The van der Waals surface area contributed by atoms with Gasteiger partial charge in [-0.05, 0) is 43.1 Å². The number of hydrogen-bond acceptors (Lipinski definition) is 4. The van der Waals surface area contributed by atoms with Gasteiger partial charge in [0, 0.05) is 12.3 Å². The first-order valence-corrected chi connectivity index (χ1v) is 10.1. The molecule has 6 heteroatoms. The van der Waals surface area contributed by atoms with Crippen LogP contribution in [0.3, 0.4) is 0 Å². The maximum absolute atomic E-state index is 12.4. The summed E-state index contributed by atoms with van der Waals surface area (Å²) in [7, 11) is -1.47. The number of carbonyl (C=O) groups excluding carboxylic acids is 1. The molecule has 0 bridgehead atoms. The van der Waals surface area contributed by atoms with Gasteiger partial charge in [-0.1, -0.05) is 36.4 Å². The van der Waals surface area contributed by atoms with E-state index >= 15 is 0 Å². The van der Waals surface area contributed by atoms with E-state index in [1.54, 1.807) is 18.2 Å². The summed E-state index contributed by atoms with van der Waals surface area (Å²) in [6, 6.07) is 15.0. The zero-order valence-electron chi connectivity index (χ0n) is 14.4. The SMILES string of the molecule is CN(CC(=O)Nc1ccccc1S(C)(=O)=O)[C@H]1CCc2ccccc21. The number of nitrogens with zero attached hydrogens (tertiary/aromatic N) is 1. The first kappa shape index (κ1) is 17.6. The van der Waals surface area contributed by atoms with Crippen LogP contribution in [0, 0.1) is 0 Å². The van der Waals surface area contributed by atoms with E-state index < -0.39 is 9.84 Å². The average molecular weight is 358 g/mol. The van der Waals surface area contributed by atoms with Gasteiger partial charge in [0.2, 0.25) is 5.91 Å². The van der Waals surface area contributed by atoms with Crippen molar-refractivity contribution in [3.05, 3.63) is 59.7 Å². The molecule has 0 aliphatic heterocycles. The molecule has 5 nitrogen and oxygen atoms in total. The van der Waals surface area contributed by atoms with E-state index in [-0.39, 0.29) is 23.4 Å². The summed E-state index contributed by atoms with van der Waals surface area (Å²) in [5, 5.41) is 2.74. The lowest BCUT2D eigenvalue weighted by Gasteiger charge is -2.24. The van der Waals surface area contributed by atoms with Gasteiger partial charge in [0.05, 0.1) is 17.1 Å². The minimum atomic E-state index is -3.39.